The first-order chi connectivity index (χ1) is 18.9. The van der Waals surface area contributed by atoms with Gasteiger partial charge in [-0.15, -0.1) is 11.3 Å². The van der Waals surface area contributed by atoms with Gasteiger partial charge in [0.25, 0.3) is 0 Å². The smallest absolute Gasteiger partial charge is 0.412 e. The van der Waals surface area contributed by atoms with Gasteiger partial charge in [0.15, 0.2) is 11.6 Å². The van der Waals surface area contributed by atoms with E-state index in [1.165, 1.54) is 17.4 Å². The van der Waals surface area contributed by atoms with Crippen molar-refractivity contribution in [1.29, 1.82) is 0 Å². The number of nitrogens with zero attached hydrogens (tertiary/aromatic N) is 3. The van der Waals surface area contributed by atoms with Crippen molar-refractivity contribution in [1.82, 2.24) is 20.3 Å². The van der Waals surface area contributed by atoms with Crippen molar-refractivity contribution in [3.05, 3.63) is 65.6 Å². The van der Waals surface area contributed by atoms with E-state index in [1.807, 2.05) is 19.1 Å². The minimum Gasteiger partial charge on any atom is -0.497 e. The van der Waals surface area contributed by atoms with E-state index in [0.717, 1.165) is 21.4 Å². The molecule has 9 nitrogen and oxygen atoms in total. The van der Waals surface area contributed by atoms with Crippen LogP contribution in [-0.4, -0.2) is 47.9 Å². The Kier molecular flexibility index (Phi) is 6.35. The highest BCUT2D eigenvalue weighted by Crippen LogP contribution is 2.43. The molecule has 1 aliphatic heterocycles. The topological polar surface area (TPSA) is 105 Å². The number of nitrogens with one attached hydrogen (secondary N) is 1. The van der Waals surface area contributed by atoms with Gasteiger partial charge in [-0.2, -0.15) is 0 Å². The van der Waals surface area contributed by atoms with Gasteiger partial charge in [0.1, 0.15) is 22.6 Å². The number of ether oxygens (including phenoxy) is 4. The maximum absolute atomic E-state index is 15.0. The van der Waals surface area contributed by atoms with Gasteiger partial charge in [-0.25, -0.2) is 24.1 Å². The quantitative estimate of drug-likeness (QED) is 0.299. The number of aryl methyl sites for hydroxylation is 1. The molecule has 0 saturated carbocycles. The second-order valence-electron chi connectivity index (χ2n) is 9.02. The molecule has 3 aromatic carbocycles. The number of rotatable bonds is 6. The fourth-order valence-corrected chi connectivity index (χ4v) is 5.66. The third kappa shape index (κ3) is 4.76. The third-order valence-electron chi connectivity index (χ3n) is 6.35. The average Bonchev–Trinajstić information content (AvgIpc) is 3.56. The zero-order valence-electron chi connectivity index (χ0n) is 21.3. The normalized spacial score (nSPS) is 14.2. The highest BCUT2D eigenvalue weighted by atomic mass is 32.1. The number of aromatic nitrogens is 3. The molecular weight excluding hydrogens is 523 g/mol. The van der Waals surface area contributed by atoms with Crippen molar-refractivity contribution in [2.45, 2.75) is 19.4 Å². The lowest BCUT2D eigenvalue weighted by Crippen LogP contribution is -2.36. The Morgan fingerprint density at radius 1 is 1.10 bits per heavy atom. The number of benzene rings is 3. The average molecular weight is 547 g/mol. The molecule has 2 aromatic heterocycles. The molecule has 6 rings (SSSR count). The van der Waals surface area contributed by atoms with Crippen LogP contribution in [0.3, 0.4) is 0 Å². The van der Waals surface area contributed by atoms with Crippen LogP contribution in [0.1, 0.15) is 11.1 Å². The van der Waals surface area contributed by atoms with Crippen molar-refractivity contribution in [3.63, 3.8) is 0 Å². The second kappa shape index (κ2) is 9.99. The first-order valence-electron chi connectivity index (χ1n) is 12.1. The molecule has 0 unspecified atom stereocenters. The van der Waals surface area contributed by atoms with Crippen molar-refractivity contribution in [2.75, 3.05) is 20.8 Å². The summed E-state index contributed by atoms with van der Waals surface area (Å²) in [6.07, 6.45) is 0.901. The molecule has 1 N–H and O–H groups in total. The Morgan fingerprint density at radius 2 is 1.90 bits per heavy atom. The van der Waals surface area contributed by atoms with Crippen LogP contribution in [0.25, 0.3) is 31.8 Å². The second-order valence-corrected chi connectivity index (χ2v) is 10.0. The van der Waals surface area contributed by atoms with Crippen molar-refractivity contribution in [2.24, 2.45) is 0 Å². The predicted molar refractivity (Wildman–Crippen MR) is 145 cm³/mol. The summed E-state index contributed by atoms with van der Waals surface area (Å²) in [7, 11) is 3.10. The number of carbonyl (C=O) groups is 1. The Hall–Kier alpha value is -4.51. The minimum atomic E-state index is -0.630. The van der Waals surface area contributed by atoms with Crippen molar-refractivity contribution < 1.29 is 28.1 Å². The number of hydrogen-bond acceptors (Lipinski definition) is 9. The van der Waals surface area contributed by atoms with Gasteiger partial charge in [0, 0.05) is 23.6 Å². The maximum Gasteiger partial charge on any atom is 0.412 e. The summed E-state index contributed by atoms with van der Waals surface area (Å²) in [5.41, 5.74) is 4.45. The highest BCUT2D eigenvalue weighted by molar-refractivity contribution is 7.22. The first-order valence-corrected chi connectivity index (χ1v) is 12.9. The number of carbonyl (C=O) groups excluding carboxylic acids is 1. The van der Waals surface area contributed by atoms with Crippen LogP contribution in [0.5, 0.6) is 23.1 Å². The molecule has 1 aliphatic rings. The van der Waals surface area contributed by atoms with Gasteiger partial charge in [0.05, 0.1) is 48.2 Å². The monoisotopic (exact) mass is 546 g/mol. The van der Waals surface area contributed by atoms with Crippen LogP contribution >= 0.6 is 11.3 Å². The van der Waals surface area contributed by atoms with E-state index in [2.05, 4.69) is 15.3 Å². The van der Waals surface area contributed by atoms with Crippen molar-refractivity contribution >= 4 is 38.7 Å². The molecular formula is C28H23FN4O5S. The van der Waals surface area contributed by atoms with E-state index < -0.39 is 18.0 Å². The molecule has 0 fully saturated rings. The number of amides is 1. The van der Waals surface area contributed by atoms with E-state index in [4.69, 9.17) is 23.9 Å². The van der Waals surface area contributed by atoms with Crippen LogP contribution in [0.15, 0.2) is 48.7 Å². The first kappa shape index (κ1) is 24.8. The van der Waals surface area contributed by atoms with E-state index in [-0.39, 0.29) is 12.3 Å². The summed E-state index contributed by atoms with van der Waals surface area (Å²) < 4.78 is 37.4. The third-order valence-corrected chi connectivity index (χ3v) is 7.51. The molecule has 3 heterocycles. The molecule has 0 radical (unpaired) electrons. The Balaban J connectivity index is 1.23. The van der Waals surface area contributed by atoms with E-state index in [0.29, 0.717) is 45.4 Å². The van der Waals surface area contributed by atoms with Crippen molar-refractivity contribution in [3.8, 4) is 33.7 Å². The molecule has 5 aromatic rings. The standard InChI is InChI=1S/C28H23FN4O5S/c1-14-8-18(24-21(9-14)32-23(36-3)13-30-24)27-33-22-11-20(29)25-19(26(22)39-27)10-17(37-25)12-31-28(34)38-16-6-4-15(35-2)5-7-16/h4-9,11,13,17H,10,12H2,1-3H3,(H,31,34)/t17-/m0/s1. The lowest BCUT2D eigenvalue weighted by molar-refractivity contribution is 0.184. The van der Waals surface area contributed by atoms with Gasteiger partial charge in [-0.1, -0.05) is 0 Å². The van der Waals surface area contributed by atoms with Crippen LogP contribution < -0.4 is 24.3 Å². The molecule has 0 bridgehead atoms. The summed E-state index contributed by atoms with van der Waals surface area (Å²) in [6.45, 7) is 2.12. The SMILES string of the molecule is COc1ccc(OC(=O)NC[C@@H]2Cc3c(c(F)cc4nc(-c5cc(C)cc6nc(OC)cnc56)sc34)O2)cc1. The van der Waals surface area contributed by atoms with Crippen LogP contribution in [0, 0.1) is 12.7 Å². The molecule has 39 heavy (non-hydrogen) atoms. The number of methoxy groups -OCH3 is 2. The molecule has 1 atom stereocenters. The predicted octanol–water partition coefficient (Wildman–Crippen LogP) is 5.46. The largest absolute Gasteiger partial charge is 0.497 e. The lowest BCUT2D eigenvalue weighted by Gasteiger charge is -2.12. The fourth-order valence-electron chi connectivity index (χ4n) is 4.55. The molecule has 1 amide bonds. The van der Waals surface area contributed by atoms with Crippen LogP contribution in [-0.2, 0) is 6.42 Å². The van der Waals surface area contributed by atoms with Crippen LogP contribution in [0.4, 0.5) is 9.18 Å². The summed E-state index contributed by atoms with van der Waals surface area (Å²) in [5, 5.41) is 3.40. The molecule has 198 valence electrons. The number of halogens is 1. The number of fused-ring (bicyclic) bond motifs is 4. The van der Waals surface area contributed by atoms with E-state index in [9.17, 15) is 4.79 Å². The number of hydrogen-bond donors (Lipinski definition) is 1. The zero-order chi connectivity index (χ0) is 27.1. The fraction of sp³-hybridized carbons (Fsp3) is 0.214. The summed E-state index contributed by atoms with van der Waals surface area (Å²) in [5.74, 6) is 1.15. The Labute approximate surface area is 226 Å². The minimum absolute atomic E-state index is 0.149. The van der Waals surface area contributed by atoms with Gasteiger partial charge in [-0.3, -0.25) is 0 Å². The van der Waals surface area contributed by atoms with Gasteiger partial charge in [-0.05, 0) is 48.9 Å². The molecule has 0 saturated heterocycles. The number of thiazole rings is 1. The lowest BCUT2D eigenvalue weighted by atomic mass is 10.1. The summed E-state index contributed by atoms with van der Waals surface area (Å²) >= 11 is 1.45. The molecule has 11 heteroatoms. The van der Waals surface area contributed by atoms with E-state index >= 15 is 4.39 Å². The Morgan fingerprint density at radius 3 is 2.67 bits per heavy atom. The highest BCUT2D eigenvalue weighted by Gasteiger charge is 2.30. The summed E-state index contributed by atoms with van der Waals surface area (Å²) in [4.78, 5) is 26.1. The maximum atomic E-state index is 15.0. The van der Waals surface area contributed by atoms with Crippen LogP contribution in [0.2, 0.25) is 0 Å². The molecule has 0 spiro atoms. The summed E-state index contributed by atoms with van der Waals surface area (Å²) in [6, 6.07) is 12.0. The van der Waals surface area contributed by atoms with Gasteiger partial charge < -0.3 is 24.3 Å². The van der Waals surface area contributed by atoms with E-state index in [1.54, 1.807) is 44.7 Å². The zero-order valence-corrected chi connectivity index (χ0v) is 22.1. The van der Waals surface area contributed by atoms with Gasteiger partial charge >= 0.3 is 6.09 Å². The molecule has 0 aliphatic carbocycles. The Bertz CT molecular complexity index is 1720. The van der Waals surface area contributed by atoms with Gasteiger partial charge in [0.2, 0.25) is 5.88 Å².